The van der Waals surface area contributed by atoms with Gasteiger partial charge in [0.15, 0.2) is 5.69 Å². The quantitative estimate of drug-likeness (QED) is 0.585. The van der Waals surface area contributed by atoms with Crippen molar-refractivity contribution in [3.63, 3.8) is 0 Å². The monoisotopic (exact) mass is 353 g/mol. The molecule has 134 valence electrons. The molecule has 0 atom stereocenters. The van der Waals surface area contributed by atoms with Gasteiger partial charge in [-0.15, -0.1) is 0 Å². The molecule has 1 aromatic heterocycles. The van der Waals surface area contributed by atoms with E-state index in [1.54, 1.807) is 30.3 Å². The SMILES string of the molecule is CO.CO.Nc1ccc2nc(C(F)(F)F)c(-c3ccccc3)nc2c1. The lowest BCUT2D eigenvalue weighted by atomic mass is 10.1. The van der Waals surface area contributed by atoms with Crippen molar-refractivity contribution in [3.8, 4) is 11.3 Å². The Morgan fingerprint density at radius 1 is 0.840 bits per heavy atom. The molecule has 4 N–H and O–H groups in total. The van der Waals surface area contributed by atoms with Crippen molar-refractivity contribution in [3.05, 3.63) is 54.2 Å². The van der Waals surface area contributed by atoms with Gasteiger partial charge in [-0.3, -0.25) is 0 Å². The van der Waals surface area contributed by atoms with Crippen LogP contribution in [0.2, 0.25) is 0 Å². The zero-order valence-electron chi connectivity index (χ0n) is 13.6. The summed E-state index contributed by atoms with van der Waals surface area (Å²) in [7, 11) is 2.00. The molecule has 0 radical (unpaired) electrons. The summed E-state index contributed by atoms with van der Waals surface area (Å²) in [6.45, 7) is 0. The molecule has 0 saturated heterocycles. The van der Waals surface area contributed by atoms with Crippen LogP contribution in [0.1, 0.15) is 5.69 Å². The molecule has 0 aliphatic rings. The molecule has 0 spiro atoms. The fourth-order valence-electron chi connectivity index (χ4n) is 2.07. The Kier molecular flexibility index (Phi) is 7.28. The minimum atomic E-state index is -4.58. The molecular weight excluding hydrogens is 335 g/mol. The Bertz CT molecular complexity index is 809. The number of alkyl halides is 3. The topological polar surface area (TPSA) is 92.3 Å². The van der Waals surface area contributed by atoms with Crippen molar-refractivity contribution < 1.29 is 23.4 Å². The molecule has 0 amide bonds. The van der Waals surface area contributed by atoms with Crippen molar-refractivity contribution in [2.24, 2.45) is 0 Å². The number of nitrogens with zero attached hydrogens (tertiary/aromatic N) is 2. The van der Waals surface area contributed by atoms with Crippen LogP contribution in [0.4, 0.5) is 18.9 Å². The van der Waals surface area contributed by atoms with Gasteiger partial charge in [0.2, 0.25) is 0 Å². The van der Waals surface area contributed by atoms with Crippen LogP contribution >= 0.6 is 0 Å². The fraction of sp³-hybridized carbons (Fsp3) is 0.176. The van der Waals surface area contributed by atoms with Crippen LogP contribution in [-0.2, 0) is 6.18 Å². The second-order valence-electron chi connectivity index (χ2n) is 4.53. The Hall–Kier alpha value is -2.71. The molecule has 0 aliphatic carbocycles. The lowest BCUT2D eigenvalue weighted by molar-refractivity contribution is -0.140. The smallest absolute Gasteiger partial charge is 0.400 e. The van der Waals surface area contributed by atoms with Crippen LogP contribution < -0.4 is 5.73 Å². The number of aromatic nitrogens is 2. The highest BCUT2D eigenvalue weighted by Gasteiger charge is 2.37. The van der Waals surface area contributed by atoms with Gasteiger partial charge >= 0.3 is 6.18 Å². The van der Waals surface area contributed by atoms with E-state index in [2.05, 4.69) is 9.97 Å². The number of hydrogen-bond donors (Lipinski definition) is 3. The van der Waals surface area contributed by atoms with Crippen molar-refractivity contribution >= 4 is 16.7 Å². The van der Waals surface area contributed by atoms with Gasteiger partial charge in [-0.1, -0.05) is 30.3 Å². The third kappa shape index (κ3) is 4.88. The maximum absolute atomic E-state index is 13.2. The lowest BCUT2D eigenvalue weighted by Crippen LogP contribution is -2.12. The lowest BCUT2D eigenvalue weighted by Gasteiger charge is -2.12. The Morgan fingerprint density at radius 2 is 1.44 bits per heavy atom. The highest BCUT2D eigenvalue weighted by atomic mass is 19.4. The van der Waals surface area contributed by atoms with Crippen LogP contribution in [0.25, 0.3) is 22.3 Å². The van der Waals surface area contributed by atoms with E-state index in [0.29, 0.717) is 16.8 Å². The van der Waals surface area contributed by atoms with E-state index >= 15 is 0 Å². The Morgan fingerprint density at radius 3 is 2.00 bits per heavy atom. The second kappa shape index (κ2) is 8.95. The van der Waals surface area contributed by atoms with Crippen LogP contribution in [0.15, 0.2) is 48.5 Å². The summed E-state index contributed by atoms with van der Waals surface area (Å²) < 4.78 is 39.6. The van der Waals surface area contributed by atoms with Crippen molar-refractivity contribution in [2.45, 2.75) is 6.18 Å². The number of hydrogen-bond acceptors (Lipinski definition) is 5. The molecule has 0 fully saturated rings. The van der Waals surface area contributed by atoms with Crippen molar-refractivity contribution in [2.75, 3.05) is 20.0 Å². The van der Waals surface area contributed by atoms with Crippen LogP contribution in [-0.4, -0.2) is 34.4 Å². The summed E-state index contributed by atoms with van der Waals surface area (Å²) in [6, 6.07) is 12.6. The number of benzene rings is 2. The molecule has 0 unspecified atom stereocenters. The predicted octanol–water partition coefficient (Wildman–Crippen LogP) is 3.11. The Labute approximate surface area is 142 Å². The summed E-state index contributed by atoms with van der Waals surface area (Å²) in [5, 5.41) is 14.0. The predicted molar refractivity (Wildman–Crippen MR) is 90.7 cm³/mol. The van der Waals surface area contributed by atoms with Gasteiger partial charge in [-0.25, -0.2) is 9.97 Å². The van der Waals surface area contributed by atoms with Crippen LogP contribution in [0.5, 0.6) is 0 Å². The minimum absolute atomic E-state index is 0.163. The fourth-order valence-corrected chi connectivity index (χ4v) is 2.07. The summed E-state index contributed by atoms with van der Waals surface area (Å²) >= 11 is 0. The first kappa shape index (κ1) is 20.3. The van der Waals surface area contributed by atoms with Gasteiger partial charge in [0.25, 0.3) is 0 Å². The molecule has 0 aliphatic heterocycles. The summed E-state index contributed by atoms with van der Waals surface area (Å²) in [4.78, 5) is 7.83. The van der Waals surface area contributed by atoms with E-state index in [4.69, 9.17) is 15.9 Å². The standard InChI is InChI=1S/C15H10F3N3.2CH4O/c16-15(17,18)14-13(9-4-2-1-3-5-9)20-12-8-10(19)6-7-11(12)21-14;2*1-2/h1-8H,19H2;2*2H,1H3. The summed E-state index contributed by atoms with van der Waals surface area (Å²) in [5.74, 6) is 0. The number of anilines is 1. The van der Waals surface area contributed by atoms with E-state index in [-0.39, 0.29) is 11.2 Å². The number of nitrogen functional groups attached to an aromatic ring is 1. The first-order valence-electron chi connectivity index (χ1n) is 7.04. The maximum atomic E-state index is 13.2. The van der Waals surface area contributed by atoms with Gasteiger partial charge in [-0.2, -0.15) is 13.2 Å². The van der Waals surface area contributed by atoms with Crippen LogP contribution in [0, 0.1) is 0 Å². The molecule has 1 heterocycles. The van der Waals surface area contributed by atoms with Crippen LogP contribution in [0.3, 0.4) is 0 Å². The highest BCUT2D eigenvalue weighted by molar-refractivity contribution is 5.81. The van der Waals surface area contributed by atoms with Crippen molar-refractivity contribution in [1.29, 1.82) is 0 Å². The third-order valence-electron chi connectivity index (χ3n) is 3.00. The minimum Gasteiger partial charge on any atom is -0.400 e. The molecule has 2 aromatic carbocycles. The van der Waals surface area contributed by atoms with E-state index in [1.807, 2.05) is 0 Å². The average Bonchev–Trinajstić information content (AvgIpc) is 2.64. The third-order valence-corrected chi connectivity index (χ3v) is 3.00. The zero-order valence-corrected chi connectivity index (χ0v) is 13.6. The largest absolute Gasteiger partial charge is 0.435 e. The average molecular weight is 353 g/mol. The zero-order chi connectivity index (χ0) is 19.0. The molecule has 3 aromatic rings. The van der Waals surface area contributed by atoms with E-state index in [0.717, 1.165) is 14.2 Å². The number of aliphatic hydroxyl groups is 2. The number of rotatable bonds is 1. The molecule has 5 nitrogen and oxygen atoms in total. The van der Waals surface area contributed by atoms with Crippen molar-refractivity contribution in [1.82, 2.24) is 9.97 Å². The molecule has 25 heavy (non-hydrogen) atoms. The maximum Gasteiger partial charge on any atom is 0.435 e. The van der Waals surface area contributed by atoms with Gasteiger partial charge in [0.05, 0.1) is 11.0 Å². The number of halogens is 3. The highest BCUT2D eigenvalue weighted by Crippen LogP contribution is 2.35. The number of aliphatic hydroxyl groups excluding tert-OH is 2. The summed E-state index contributed by atoms with van der Waals surface area (Å²) in [5.41, 5.74) is 5.75. The number of nitrogens with two attached hydrogens (primary N) is 1. The molecule has 3 rings (SSSR count). The first-order chi connectivity index (χ1) is 11.9. The molecule has 0 saturated carbocycles. The van der Waals surface area contributed by atoms with Gasteiger partial charge in [0.1, 0.15) is 5.69 Å². The molecule has 8 heteroatoms. The van der Waals surface area contributed by atoms with Gasteiger partial charge in [0, 0.05) is 25.5 Å². The second-order valence-corrected chi connectivity index (χ2v) is 4.53. The number of fused-ring (bicyclic) bond motifs is 1. The molecular formula is C17H18F3N3O2. The summed E-state index contributed by atoms with van der Waals surface area (Å²) in [6.07, 6.45) is -4.58. The van der Waals surface area contributed by atoms with E-state index in [1.165, 1.54) is 18.2 Å². The van der Waals surface area contributed by atoms with Gasteiger partial charge in [-0.05, 0) is 18.2 Å². The first-order valence-corrected chi connectivity index (χ1v) is 7.04. The van der Waals surface area contributed by atoms with E-state index in [9.17, 15) is 13.2 Å². The Balaban J connectivity index is 0.000000730. The normalized spacial score (nSPS) is 10.4. The van der Waals surface area contributed by atoms with Gasteiger partial charge < -0.3 is 15.9 Å². The van der Waals surface area contributed by atoms with E-state index < -0.39 is 11.9 Å². The molecule has 0 bridgehead atoms.